The Morgan fingerprint density at radius 3 is 1.02 bits per heavy atom. The Hall–Kier alpha value is -4.27. The van der Waals surface area contributed by atoms with E-state index >= 15 is 0 Å². The quantitative estimate of drug-likeness (QED) is 0.0770. The third kappa shape index (κ3) is 10.4. The van der Waals surface area contributed by atoms with E-state index in [1.807, 2.05) is 51.4 Å². The van der Waals surface area contributed by atoms with Crippen LogP contribution < -0.4 is 0 Å². The monoisotopic (exact) mass is 684 g/mol. The molecule has 0 amide bonds. The van der Waals surface area contributed by atoms with Crippen LogP contribution >= 0.6 is 0 Å². The van der Waals surface area contributed by atoms with Crippen LogP contribution in [0, 0.1) is 0 Å². The van der Waals surface area contributed by atoms with Gasteiger partial charge in [-0.05, 0) is 63.5 Å². The van der Waals surface area contributed by atoms with Gasteiger partial charge in [0.05, 0.1) is 11.1 Å². The predicted octanol–water partition coefficient (Wildman–Crippen LogP) is 7.39. The van der Waals surface area contributed by atoms with Gasteiger partial charge in [-0.25, -0.2) is 9.59 Å². The summed E-state index contributed by atoms with van der Waals surface area (Å²) in [5.41, 5.74) is 2.83. The van der Waals surface area contributed by atoms with Crippen LogP contribution in [0.25, 0.3) is 0 Å². The van der Waals surface area contributed by atoms with Crippen molar-refractivity contribution < 1.29 is 36.9 Å². The summed E-state index contributed by atoms with van der Waals surface area (Å²) in [6, 6.07) is 30.7. The van der Waals surface area contributed by atoms with Crippen molar-refractivity contribution in [1.82, 2.24) is 0 Å². The maximum atomic E-state index is 12.8. The molecule has 0 heterocycles. The summed E-state index contributed by atoms with van der Waals surface area (Å²) >= 11 is 0. The minimum Gasteiger partial charge on any atom is -0.463 e. The zero-order valence-electron chi connectivity index (χ0n) is 27.6. The molecular formula is C36H40O8Si3. The molecule has 0 aliphatic heterocycles. The normalized spacial score (nSPS) is 11.9. The van der Waals surface area contributed by atoms with Crippen LogP contribution in [0.4, 0.5) is 0 Å². The minimum atomic E-state index is -2.72. The lowest BCUT2D eigenvalue weighted by Gasteiger charge is -2.38. The molecule has 0 spiro atoms. The van der Waals surface area contributed by atoms with Gasteiger partial charge in [0.25, 0.3) is 0 Å². The Bertz CT molecular complexity index is 1580. The van der Waals surface area contributed by atoms with Crippen LogP contribution in [0.1, 0.15) is 52.6 Å². The van der Waals surface area contributed by atoms with Gasteiger partial charge in [0, 0.05) is 22.3 Å². The van der Waals surface area contributed by atoms with E-state index < -0.39 is 37.1 Å². The van der Waals surface area contributed by atoms with E-state index in [0.717, 1.165) is 0 Å². The minimum absolute atomic E-state index is 0.119. The maximum absolute atomic E-state index is 12.8. The highest BCUT2D eigenvalue weighted by molar-refractivity contribution is 6.87. The van der Waals surface area contributed by atoms with Gasteiger partial charge in [-0.15, -0.1) is 0 Å². The molecule has 244 valence electrons. The SMILES string of the molecule is C[Si](C)(COC(=O)c1ccc(C(=O)c2ccccc2)cc1)O[Si](C)(C)O[Si](C)(C)COC(=O)c1ccc(C(=O)c2ccccc2)cc1. The van der Waals surface area contributed by atoms with E-state index in [1.165, 1.54) is 0 Å². The zero-order valence-corrected chi connectivity index (χ0v) is 30.6. The fourth-order valence-electron chi connectivity index (χ4n) is 5.08. The van der Waals surface area contributed by atoms with Gasteiger partial charge in [0.2, 0.25) is 16.6 Å². The number of rotatable bonds is 14. The maximum Gasteiger partial charge on any atom is 0.337 e. The number of ether oxygens (including phenoxy) is 2. The number of benzene rings is 4. The van der Waals surface area contributed by atoms with Gasteiger partial charge in [-0.1, -0.05) is 84.9 Å². The Balaban J connectivity index is 1.26. The molecule has 0 N–H and O–H groups in total. The summed E-state index contributed by atoms with van der Waals surface area (Å²) in [4.78, 5) is 50.9. The number of hydrogen-bond donors (Lipinski definition) is 0. The molecule has 0 radical (unpaired) electrons. The average molecular weight is 685 g/mol. The molecule has 4 rings (SSSR count). The average Bonchev–Trinajstić information content (AvgIpc) is 3.05. The van der Waals surface area contributed by atoms with Gasteiger partial charge < -0.3 is 17.7 Å². The second-order valence-electron chi connectivity index (χ2n) is 12.8. The fourth-order valence-corrected chi connectivity index (χ4v) is 17.7. The zero-order chi connectivity index (χ0) is 34.2. The molecular weight excluding hydrogens is 645 g/mol. The van der Waals surface area contributed by atoms with Crippen molar-refractivity contribution >= 4 is 48.7 Å². The van der Waals surface area contributed by atoms with Crippen molar-refractivity contribution in [3.63, 3.8) is 0 Å². The number of ketones is 2. The van der Waals surface area contributed by atoms with Gasteiger partial charge >= 0.3 is 20.5 Å². The van der Waals surface area contributed by atoms with E-state index in [2.05, 4.69) is 0 Å². The van der Waals surface area contributed by atoms with E-state index in [0.29, 0.717) is 33.4 Å². The molecule has 0 aliphatic rings. The Morgan fingerprint density at radius 2 is 0.702 bits per heavy atom. The first kappa shape index (κ1) is 35.6. The van der Waals surface area contributed by atoms with Crippen molar-refractivity contribution in [2.75, 3.05) is 12.5 Å². The molecule has 0 aromatic heterocycles. The molecule has 0 bridgehead atoms. The summed E-state index contributed by atoms with van der Waals surface area (Å²) in [5, 5.41) is 0. The third-order valence-corrected chi connectivity index (χ3v) is 17.0. The lowest BCUT2D eigenvalue weighted by molar-refractivity contribution is 0.0550. The Kier molecular flexibility index (Phi) is 11.4. The number of esters is 2. The van der Waals surface area contributed by atoms with Crippen LogP contribution in [-0.4, -0.2) is 61.2 Å². The first-order chi connectivity index (χ1) is 22.1. The molecule has 0 atom stereocenters. The fraction of sp³-hybridized carbons (Fsp3) is 0.222. The van der Waals surface area contributed by atoms with Gasteiger partial charge in [-0.3, -0.25) is 9.59 Å². The summed E-state index contributed by atoms with van der Waals surface area (Å²) in [5.74, 6) is -1.22. The Morgan fingerprint density at radius 1 is 0.426 bits per heavy atom. The van der Waals surface area contributed by atoms with E-state index in [4.69, 9.17) is 17.7 Å². The molecule has 4 aromatic carbocycles. The number of hydrogen-bond acceptors (Lipinski definition) is 8. The molecule has 0 saturated carbocycles. The molecule has 47 heavy (non-hydrogen) atoms. The van der Waals surface area contributed by atoms with Crippen molar-refractivity contribution in [2.24, 2.45) is 0 Å². The molecule has 8 nitrogen and oxygen atoms in total. The predicted molar refractivity (Wildman–Crippen MR) is 188 cm³/mol. The van der Waals surface area contributed by atoms with E-state index in [1.54, 1.807) is 97.1 Å². The highest BCUT2D eigenvalue weighted by Gasteiger charge is 2.41. The Labute approximate surface area is 279 Å². The third-order valence-electron chi connectivity index (χ3n) is 6.98. The van der Waals surface area contributed by atoms with Crippen LogP contribution in [0.15, 0.2) is 109 Å². The number of carbonyl (C=O) groups is 4. The summed E-state index contributed by atoms with van der Waals surface area (Å²) in [7, 11) is -7.75. The molecule has 0 fully saturated rings. The molecule has 0 aliphatic carbocycles. The van der Waals surface area contributed by atoms with Crippen LogP contribution in [0.5, 0.6) is 0 Å². The van der Waals surface area contributed by atoms with Crippen molar-refractivity contribution in [3.05, 3.63) is 143 Å². The molecule has 4 aromatic rings. The van der Waals surface area contributed by atoms with Crippen molar-refractivity contribution in [1.29, 1.82) is 0 Å². The largest absolute Gasteiger partial charge is 0.463 e. The first-order valence-electron chi connectivity index (χ1n) is 15.3. The summed E-state index contributed by atoms with van der Waals surface area (Å²) in [6.45, 7) is 11.7. The molecule has 11 heteroatoms. The van der Waals surface area contributed by atoms with Gasteiger partial charge in [0.15, 0.2) is 11.6 Å². The van der Waals surface area contributed by atoms with E-state index in [-0.39, 0.29) is 24.0 Å². The lowest BCUT2D eigenvalue weighted by Crippen LogP contribution is -2.55. The molecule has 0 unspecified atom stereocenters. The summed E-state index contributed by atoms with van der Waals surface area (Å²) in [6.07, 6.45) is 0.242. The second-order valence-corrected chi connectivity index (χ2v) is 24.9. The van der Waals surface area contributed by atoms with Gasteiger partial charge in [-0.2, -0.15) is 0 Å². The molecule has 0 saturated heterocycles. The lowest BCUT2D eigenvalue weighted by atomic mass is 10.0. The number of carbonyl (C=O) groups excluding carboxylic acids is 4. The smallest absolute Gasteiger partial charge is 0.337 e. The van der Waals surface area contributed by atoms with Crippen LogP contribution in [0.3, 0.4) is 0 Å². The standard InChI is InChI=1S/C36H40O8Si3/c1-45(2,25-41-35(39)31-21-17-29(18-22-31)33(37)27-13-9-7-10-14-27)43-47(5,6)44-46(3,4)26-42-36(40)32-23-19-30(20-24-32)34(38)28-15-11-8-12-16-28/h7-24H,25-26H2,1-6H3. The van der Waals surface area contributed by atoms with E-state index in [9.17, 15) is 19.2 Å². The van der Waals surface area contributed by atoms with Crippen molar-refractivity contribution in [2.45, 2.75) is 39.3 Å². The van der Waals surface area contributed by atoms with Crippen LogP contribution in [-0.2, 0) is 17.7 Å². The first-order valence-corrected chi connectivity index (χ1v) is 24.3. The van der Waals surface area contributed by atoms with Gasteiger partial charge in [0.1, 0.15) is 12.5 Å². The highest BCUT2D eigenvalue weighted by Crippen LogP contribution is 2.22. The summed E-state index contributed by atoms with van der Waals surface area (Å²) < 4.78 is 24.3. The van der Waals surface area contributed by atoms with Crippen LogP contribution in [0.2, 0.25) is 39.3 Å². The second kappa shape index (κ2) is 15.1. The topological polar surface area (TPSA) is 105 Å². The van der Waals surface area contributed by atoms with Crippen molar-refractivity contribution in [3.8, 4) is 0 Å². The highest BCUT2D eigenvalue weighted by atomic mass is 28.5.